The van der Waals surface area contributed by atoms with Gasteiger partial charge in [-0.2, -0.15) is 0 Å². The fraction of sp³-hybridized carbons (Fsp3) is 0.267. The van der Waals surface area contributed by atoms with Crippen LogP contribution in [0.4, 0.5) is 0 Å². The lowest BCUT2D eigenvalue weighted by molar-refractivity contribution is 0.0986. The fourth-order valence-electron chi connectivity index (χ4n) is 1.78. The summed E-state index contributed by atoms with van der Waals surface area (Å²) in [5, 5.41) is 1.93. The second-order valence-corrected chi connectivity index (χ2v) is 4.93. The zero-order chi connectivity index (χ0) is 12.8. The molecule has 0 aliphatic heterocycles. The van der Waals surface area contributed by atoms with Crippen molar-refractivity contribution >= 4 is 17.1 Å². The molecule has 2 aromatic rings. The summed E-state index contributed by atoms with van der Waals surface area (Å²) in [4.78, 5) is 12.7. The largest absolute Gasteiger partial charge is 0.494 e. The van der Waals surface area contributed by atoms with Gasteiger partial charge in [0.1, 0.15) is 5.75 Å². The average Bonchev–Trinajstić information content (AvgIpc) is 2.91. The maximum Gasteiger partial charge on any atom is 0.173 e. The van der Waals surface area contributed by atoms with Gasteiger partial charge in [0.2, 0.25) is 0 Å². The third-order valence-corrected chi connectivity index (χ3v) is 3.56. The summed E-state index contributed by atoms with van der Waals surface area (Å²) in [6.45, 7) is 2.63. The van der Waals surface area contributed by atoms with Crippen LogP contribution in [0.15, 0.2) is 41.8 Å². The zero-order valence-electron chi connectivity index (χ0n) is 10.4. The number of hydrogen-bond donors (Lipinski definition) is 0. The SMILES string of the molecule is CCOc1cccc(CCC(=O)c2cccs2)c1. The molecule has 2 rings (SSSR count). The smallest absolute Gasteiger partial charge is 0.173 e. The van der Waals surface area contributed by atoms with Crippen molar-refractivity contribution in [1.82, 2.24) is 0 Å². The van der Waals surface area contributed by atoms with Gasteiger partial charge in [-0.25, -0.2) is 0 Å². The van der Waals surface area contributed by atoms with Crippen LogP contribution in [0, 0.1) is 0 Å². The first-order valence-electron chi connectivity index (χ1n) is 6.08. The first kappa shape index (κ1) is 12.8. The molecule has 0 aliphatic rings. The van der Waals surface area contributed by atoms with E-state index in [1.165, 1.54) is 11.3 Å². The monoisotopic (exact) mass is 260 g/mol. The summed E-state index contributed by atoms with van der Waals surface area (Å²) in [6.07, 6.45) is 1.31. The van der Waals surface area contributed by atoms with Crippen molar-refractivity contribution in [3.63, 3.8) is 0 Å². The third kappa shape index (κ3) is 3.44. The third-order valence-electron chi connectivity index (χ3n) is 2.65. The van der Waals surface area contributed by atoms with Gasteiger partial charge in [0.15, 0.2) is 5.78 Å². The highest BCUT2D eigenvalue weighted by Gasteiger charge is 2.07. The Hall–Kier alpha value is -1.61. The highest BCUT2D eigenvalue weighted by molar-refractivity contribution is 7.12. The van der Waals surface area contributed by atoms with Crippen molar-refractivity contribution in [1.29, 1.82) is 0 Å². The lowest BCUT2D eigenvalue weighted by Gasteiger charge is -2.05. The number of ketones is 1. The van der Waals surface area contributed by atoms with Crippen molar-refractivity contribution in [2.75, 3.05) is 6.61 Å². The maximum absolute atomic E-state index is 11.9. The van der Waals surface area contributed by atoms with Crippen LogP contribution in [0.25, 0.3) is 0 Å². The number of hydrogen-bond acceptors (Lipinski definition) is 3. The molecule has 0 aliphatic carbocycles. The highest BCUT2D eigenvalue weighted by atomic mass is 32.1. The molecule has 1 aromatic carbocycles. The normalized spacial score (nSPS) is 10.3. The molecule has 3 heteroatoms. The highest BCUT2D eigenvalue weighted by Crippen LogP contribution is 2.17. The number of carbonyl (C=O) groups excluding carboxylic acids is 1. The molecule has 2 nitrogen and oxygen atoms in total. The second-order valence-electron chi connectivity index (χ2n) is 3.98. The number of benzene rings is 1. The molecule has 0 amide bonds. The molecular formula is C15H16O2S. The van der Waals surface area contributed by atoms with Crippen LogP contribution in [0.1, 0.15) is 28.6 Å². The van der Waals surface area contributed by atoms with Crippen LogP contribution in [-0.4, -0.2) is 12.4 Å². The lowest BCUT2D eigenvalue weighted by Crippen LogP contribution is -1.99. The number of thiophene rings is 1. The molecule has 0 fully saturated rings. The molecule has 0 atom stereocenters. The first-order chi connectivity index (χ1) is 8.79. The van der Waals surface area contributed by atoms with E-state index in [1.807, 2.05) is 48.7 Å². The van der Waals surface area contributed by atoms with Crippen LogP contribution in [0.5, 0.6) is 5.75 Å². The van der Waals surface area contributed by atoms with Crippen molar-refractivity contribution in [3.8, 4) is 5.75 Å². The zero-order valence-corrected chi connectivity index (χ0v) is 11.2. The van der Waals surface area contributed by atoms with Gasteiger partial charge < -0.3 is 4.74 Å². The number of aryl methyl sites for hydroxylation is 1. The molecule has 0 unspecified atom stereocenters. The number of rotatable bonds is 6. The van der Waals surface area contributed by atoms with E-state index in [0.717, 1.165) is 22.6 Å². The Bertz CT molecular complexity index is 503. The van der Waals surface area contributed by atoms with E-state index in [2.05, 4.69) is 0 Å². The van der Waals surface area contributed by atoms with Crippen LogP contribution in [-0.2, 0) is 6.42 Å². The van der Waals surface area contributed by atoms with Crippen LogP contribution in [0.2, 0.25) is 0 Å². The van der Waals surface area contributed by atoms with Gasteiger partial charge in [-0.3, -0.25) is 4.79 Å². The summed E-state index contributed by atoms with van der Waals surface area (Å²) in [7, 11) is 0. The Labute approximate surface area is 111 Å². The molecule has 18 heavy (non-hydrogen) atoms. The minimum Gasteiger partial charge on any atom is -0.494 e. The van der Waals surface area contributed by atoms with Crippen molar-refractivity contribution in [2.24, 2.45) is 0 Å². The van der Waals surface area contributed by atoms with E-state index in [0.29, 0.717) is 13.0 Å². The van der Waals surface area contributed by atoms with E-state index in [4.69, 9.17) is 4.74 Å². The van der Waals surface area contributed by atoms with E-state index < -0.39 is 0 Å². The topological polar surface area (TPSA) is 26.3 Å². The molecular weight excluding hydrogens is 244 g/mol. The Morgan fingerprint density at radius 2 is 2.17 bits per heavy atom. The predicted molar refractivity (Wildman–Crippen MR) is 74.6 cm³/mol. The van der Waals surface area contributed by atoms with E-state index >= 15 is 0 Å². The predicted octanol–water partition coefficient (Wildman–Crippen LogP) is 3.96. The molecule has 1 aromatic heterocycles. The molecule has 0 radical (unpaired) electrons. The van der Waals surface area contributed by atoms with Crippen molar-refractivity contribution < 1.29 is 9.53 Å². The van der Waals surface area contributed by atoms with E-state index in [9.17, 15) is 4.79 Å². The Balaban J connectivity index is 1.93. The summed E-state index contributed by atoms with van der Waals surface area (Å²) in [6, 6.07) is 11.7. The second kappa shape index (κ2) is 6.36. The standard InChI is InChI=1S/C15H16O2S/c1-2-17-13-6-3-5-12(11-13)8-9-14(16)15-7-4-10-18-15/h3-7,10-11H,2,8-9H2,1H3. The Morgan fingerprint density at radius 3 is 2.89 bits per heavy atom. The van der Waals surface area contributed by atoms with E-state index in [-0.39, 0.29) is 5.78 Å². The number of ether oxygens (including phenoxy) is 1. The molecule has 0 saturated heterocycles. The summed E-state index contributed by atoms with van der Waals surface area (Å²) in [5.41, 5.74) is 1.14. The van der Waals surface area contributed by atoms with E-state index in [1.54, 1.807) is 0 Å². The minimum atomic E-state index is 0.215. The summed E-state index contributed by atoms with van der Waals surface area (Å²) < 4.78 is 5.44. The quantitative estimate of drug-likeness (QED) is 0.735. The molecule has 0 saturated carbocycles. The molecule has 1 heterocycles. The maximum atomic E-state index is 11.9. The van der Waals surface area contributed by atoms with Crippen molar-refractivity contribution in [2.45, 2.75) is 19.8 Å². The first-order valence-corrected chi connectivity index (χ1v) is 6.96. The molecule has 0 spiro atoms. The van der Waals surface area contributed by atoms with Crippen LogP contribution < -0.4 is 4.74 Å². The summed E-state index contributed by atoms with van der Waals surface area (Å²) in [5.74, 6) is 1.09. The molecule has 94 valence electrons. The van der Waals surface area contributed by atoms with Gasteiger partial charge in [-0.1, -0.05) is 18.2 Å². The average molecular weight is 260 g/mol. The van der Waals surface area contributed by atoms with Crippen molar-refractivity contribution in [3.05, 3.63) is 52.2 Å². The van der Waals surface area contributed by atoms with Crippen LogP contribution >= 0.6 is 11.3 Å². The molecule has 0 N–H and O–H groups in total. The number of carbonyl (C=O) groups is 1. The van der Waals surface area contributed by atoms with Gasteiger partial charge in [0, 0.05) is 6.42 Å². The van der Waals surface area contributed by atoms with Gasteiger partial charge in [-0.15, -0.1) is 11.3 Å². The van der Waals surface area contributed by atoms with Gasteiger partial charge in [0.25, 0.3) is 0 Å². The Kier molecular flexibility index (Phi) is 4.53. The van der Waals surface area contributed by atoms with Gasteiger partial charge in [0.05, 0.1) is 11.5 Å². The van der Waals surface area contributed by atoms with Crippen LogP contribution in [0.3, 0.4) is 0 Å². The van der Waals surface area contributed by atoms with Gasteiger partial charge in [-0.05, 0) is 42.5 Å². The van der Waals surface area contributed by atoms with Gasteiger partial charge >= 0.3 is 0 Å². The summed E-state index contributed by atoms with van der Waals surface area (Å²) >= 11 is 1.50. The molecule has 0 bridgehead atoms. The fourth-order valence-corrected chi connectivity index (χ4v) is 2.47. The minimum absolute atomic E-state index is 0.215. The Morgan fingerprint density at radius 1 is 1.28 bits per heavy atom. The number of Topliss-reactive ketones (excluding diaryl/α,β-unsaturated/α-hetero) is 1. The lowest BCUT2D eigenvalue weighted by atomic mass is 10.1.